The molecule has 2 rings (SSSR count). The normalized spacial score (nSPS) is 28.9. The van der Waals surface area contributed by atoms with Crippen LogP contribution >= 0.6 is 0 Å². The van der Waals surface area contributed by atoms with E-state index in [1.165, 1.54) is 8.61 Å². The molecule has 0 aromatic carbocycles. The van der Waals surface area contributed by atoms with Crippen molar-refractivity contribution in [1.29, 1.82) is 0 Å². The second kappa shape index (κ2) is 7.10. The molecule has 0 radical (unpaired) electrons. The lowest BCUT2D eigenvalue weighted by Gasteiger charge is -2.40. The first kappa shape index (κ1) is 17.4. The van der Waals surface area contributed by atoms with Crippen molar-refractivity contribution >= 4 is 16.2 Å². The zero-order valence-electron chi connectivity index (χ0n) is 13.0. The summed E-state index contributed by atoms with van der Waals surface area (Å²) in [6, 6.07) is 0. The molecule has 0 spiro atoms. The van der Waals surface area contributed by atoms with Gasteiger partial charge in [-0.05, 0) is 32.1 Å². The highest BCUT2D eigenvalue weighted by atomic mass is 32.2. The highest BCUT2D eigenvalue weighted by Gasteiger charge is 2.45. The monoisotopic (exact) mass is 330 g/mol. The first-order chi connectivity index (χ1) is 10.4. The van der Waals surface area contributed by atoms with E-state index < -0.39 is 21.6 Å². The Morgan fingerprint density at radius 3 is 2.23 bits per heavy atom. The maximum atomic E-state index is 12.8. The van der Waals surface area contributed by atoms with Gasteiger partial charge in [0.15, 0.2) is 0 Å². The van der Waals surface area contributed by atoms with Crippen molar-refractivity contribution in [3.63, 3.8) is 0 Å². The third-order valence-electron chi connectivity index (χ3n) is 4.75. The lowest BCUT2D eigenvalue weighted by Crippen LogP contribution is -2.53. The van der Waals surface area contributed by atoms with Crippen LogP contribution in [0, 0.1) is 5.41 Å². The fraction of sp³-hybridized carbons (Fsp3) is 0.800. The van der Waals surface area contributed by atoms with Gasteiger partial charge in [0.25, 0.3) is 10.2 Å². The number of nitrogens with zero attached hydrogens (tertiary/aromatic N) is 2. The van der Waals surface area contributed by atoms with Crippen LogP contribution in [0.15, 0.2) is 12.7 Å². The zero-order valence-corrected chi connectivity index (χ0v) is 13.9. The fourth-order valence-corrected chi connectivity index (χ4v) is 5.24. The standard InChI is InChI=1S/C15H26N2O4S/c1-2-8-15(14(18)19)9-7-12-17(13-15)22(20,21)16-10-5-3-4-6-11-16/h2H,1,3-13H2,(H,18,19)/t15-/m0/s1. The zero-order chi connectivity index (χ0) is 16.2. The number of aliphatic carboxylic acids is 1. The Labute approximate surface area is 133 Å². The maximum Gasteiger partial charge on any atom is 0.311 e. The van der Waals surface area contributed by atoms with Crippen LogP contribution in [-0.4, -0.2) is 54.3 Å². The summed E-state index contributed by atoms with van der Waals surface area (Å²) >= 11 is 0. The number of hydrogen-bond donors (Lipinski definition) is 1. The molecule has 0 saturated carbocycles. The molecule has 0 aliphatic carbocycles. The third-order valence-corrected chi connectivity index (χ3v) is 6.73. The maximum absolute atomic E-state index is 12.8. The van der Waals surface area contributed by atoms with Crippen molar-refractivity contribution in [2.75, 3.05) is 26.2 Å². The molecule has 0 amide bonds. The van der Waals surface area contributed by atoms with E-state index in [0.29, 0.717) is 38.9 Å². The largest absolute Gasteiger partial charge is 0.481 e. The van der Waals surface area contributed by atoms with Crippen LogP contribution in [0.2, 0.25) is 0 Å². The summed E-state index contributed by atoms with van der Waals surface area (Å²) in [4.78, 5) is 11.7. The SMILES string of the molecule is C=CC[C@]1(C(=O)O)CCCN(S(=O)(=O)N2CCCCCC2)C1. The van der Waals surface area contributed by atoms with Crippen molar-refractivity contribution in [2.45, 2.75) is 44.9 Å². The van der Waals surface area contributed by atoms with Gasteiger partial charge in [-0.1, -0.05) is 18.9 Å². The lowest BCUT2D eigenvalue weighted by molar-refractivity contribution is -0.151. The molecule has 126 valence electrons. The van der Waals surface area contributed by atoms with Crippen LogP contribution in [0.3, 0.4) is 0 Å². The Bertz CT molecular complexity index is 512. The number of carboxylic acid groups (broad SMARTS) is 1. The average Bonchev–Trinajstić information content (AvgIpc) is 2.77. The Morgan fingerprint density at radius 2 is 1.68 bits per heavy atom. The highest BCUT2D eigenvalue weighted by molar-refractivity contribution is 7.86. The minimum absolute atomic E-state index is 0.0488. The molecule has 7 heteroatoms. The quantitative estimate of drug-likeness (QED) is 0.780. The van der Waals surface area contributed by atoms with Gasteiger partial charge in [0.1, 0.15) is 0 Å². The summed E-state index contributed by atoms with van der Waals surface area (Å²) in [5.74, 6) is -0.928. The molecule has 0 bridgehead atoms. The van der Waals surface area contributed by atoms with E-state index >= 15 is 0 Å². The molecule has 0 aromatic rings. The molecular weight excluding hydrogens is 304 g/mol. The van der Waals surface area contributed by atoms with Crippen LogP contribution < -0.4 is 0 Å². The predicted octanol–water partition coefficient (Wildman–Crippen LogP) is 1.85. The topological polar surface area (TPSA) is 77.9 Å². The molecule has 2 aliphatic rings. The van der Waals surface area contributed by atoms with Gasteiger partial charge in [-0.15, -0.1) is 6.58 Å². The Morgan fingerprint density at radius 1 is 1.09 bits per heavy atom. The Balaban J connectivity index is 2.19. The van der Waals surface area contributed by atoms with Gasteiger partial charge in [-0.3, -0.25) is 4.79 Å². The third kappa shape index (κ3) is 3.52. The van der Waals surface area contributed by atoms with Gasteiger partial charge >= 0.3 is 5.97 Å². The lowest BCUT2D eigenvalue weighted by atomic mass is 9.78. The number of allylic oxidation sites excluding steroid dienone is 1. The van der Waals surface area contributed by atoms with Gasteiger partial charge in [0, 0.05) is 26.2 Å². The van der Waals surface area contributed by atoms with E-state index in [1.807, 2.05) is 0 Å². The predicted molar refractivity (Wildman–Crippen MR) is 84.7 cm³/mol. The molecular formula is C15H26N2O4S. The van der Waals surface area contributed by atoms with Gasteiger partial charge in [0.05, 0.1) is 5.41 Å². The fourth-order valence-electron chi connectivity index (χ4n) is 3.43. The first-order valence-electron chi connectivity index (χ1n) is 8.02. The number of carbonyl (C=O) groups is 1. The van der Waals surface area contributed by atoms with Crippen molar-refractivity contribution in [2.24, 2.45) is 5.41 Å². The molecule has 0 unspecified atom stereocenters. The molecule has 2 fully saturated rings. The molecule has 2 saturated heterocycles. The highest BCUT2D eigenvalue weighted by Crippen LogP contribution is 2.36. The van der Waals surface area contributed by atoms with Crippen LogP contribution in [0.25, 0.3) is 0 Å². The number of piperidine rings is 1. The minimum Gasteiger partial charge on any atom is -0.481 e. The van der Waals surface area contributed by atoms with E-state index in [0.717, 1.165) is 25.7 Å². The summed E-state index contributed by atoms with van der Waals surface area (Å²) in [5.41, 5.74) is -1.03. The summed E-state index contributed by atoms with van der Waals surface area (Å²) in [6.45, 7) is 5.17. The first-order valence-corrected chi connectivity index (χ1v) is 9.42. The van der Waals surface area contributed by atoms with Crippen LogP contribution in [0.4, 0.5) is 0 Å². The van der Waals surface area contributed by atoms with Crippen LogP contribution in [0.5, 0.6) is 0 Å². The molecule has 22 heavy (non-hydrogen) atoms. The second-order valence-electron chi connectivity index (χ2n) is 6.34. The van der Waals surface area contributed by atoms with E-state index in [-0.39, 0.29) is 6.54 Å². The van der Waals surface area contributed by atoms with E-state index in [1.54, 1.807) is 6.08 Å². The van der Waals surface area contributed by atoms with E-state index in [4.69, 9.17) is 0 Å². The van der Waals surface area contributed by atoms with E-state index in [9.17, 15) is 18.3 Å². The summed E-state index contributed by atoms with van der Waals surface area (Å²) in [7, 11) is -3.56. The molecule has 2 aliphatic heterocycles. The second-order valence-corrected chi connectivity index (χ2v) is 8.26. The smallest absolute Gasteiger partial charge is 0.311 e. The molecule has 1 atom stereocenters. The van der Waals surface area contributed by atoms with Gasteiger partial charge in [-0.2, -0.15) is 17.0 Å². The summed E-state index contributed by atoms with van der Waals surface area (Å²) in [5, 5.41) is 9.58. The Kier molecular flexibility index (Phi) is 5.63. The van der Waals surface area contributed by atoms with Gasteiger partial charge < -0.3 is 5.11 Å². The van der Waals surface area contributed by atoms with Crippen LogP contribution in [0.1, 0.15) is 44.9 Å². The van der Waals surface area contributed by atoms with Gasteiger partial charge in [0.2, 0.25) is 0 Å². The van der Waals surface area contributed by atoms with Crippen LogP contribution in [-0.2, 0) is 15.0 Å². The summed E-state index contributed by atoms with van der Waals surface area (Å²) < 4.78 is 28.6. The van der Waals surface area contributed by atoms with Crippen molar-refractivity contribution in [3.05, 3.63) is 12.7 Å². The molecule has 0 aromatic heterocycles. The average molecular weight is 330 g/mol. The van der Waals surface area contributed by atoms with E-state index in [2.05, 4.69) is 6.58 Å². The van der Waals surface area contributed by atoms with Crippen molar-refractivity contribution < 1.29 is 18.3 Å². The number of hydrogen-bond acceptors (Lipinski definition) is 3. The Hall–Kier alpha value is -0.920. The molecule has 1 N–H and O–H groups in total. The molecule has 2 heterocycles. The summed E-state index contributed by atoms with van der Waals surface area (Å²) in [6.07, 6.45) is 6.83. The number of rotatable bonds is 5. The minimum atomic E-state index is -3.56. The molecule has 6 nitrogen and oxygen atoms in total. The van der Waals surface area contributed by atoms with Crippen molar-refractivity contribution in [1.82, 2.24) is 8.61 Å². The number of carboxylic acids is 1. The van der Waals surface area contributed by atoms with Gasteiger partial charge in [-0.25, -0.2) is 0 Å². The van der Waals surface area contributed by atoms with Crippen molar-refractivity contribution in [3.8, 4) is 0 Å².